The van der Waals surface area contributed by atoms with Gasteiger partial charge in [0.2, 0.25) is 0 Å². The summed E-state index contributed by atoms with van der Waals surface area (Å²) in [5.41, 5.74) is 1.77. The van der Waals surface area contributed by atoms with Gasteiger partial charge < -0.3 is 9.47 Å². The number of rotatable bonds is 5. The molecule has 1 aromatic heterocycles. The summed E-state index contributed by atoms with van der Waals surface area (Å²) >= 11 is 0. The predicted octanol–water partition coefficient (Wildman–Crippen LogP) is 3.16. The van der Waals surface area contributed by atoms with Crippen molar-refractivity contribution in [1.29, 1.82) is 0 Å². The summed E-state index contributed by atoms with van der Waals surface area (Å²) in [6, 6.07) is 7.73. The monoisotopic (exact) mass is 256 g/mol. The number of ether oxygens (including phenoxy) is 2. The van der Waals surface area contributed by atoms with Crippen molar-refractivity contribution in [2.45, 2.75) is 6.92 Å². The molecule has 0 aliphatic heterocycles. The molecule has 1 heterocycles. The second-order valence-electron chi connectivity index (χ2n) is 3.85. The van der Waals surface area contributed by atoms with Crippen molar-refractivity contribution in [2.75, 3.05) is 13.7 Å². The van der Waals surface area contributed by atoms with Crippen LogP contribution in [0.25, 0.3) is 17.1 Å². The van der Waals surface area contributed by atoms with E-state index >= 15 is 0 Å². The standard InChI is InChI=1S/C15H16N2O2/c1-4-19-12-9-16-15(17-10-12)14-8-6-5-7-13(14)11(2)18-3/h5-10H,2,4H2,1,3H3. The van der Waals surface area contributed by atoms with E-state index in [0.29, 0.717) is 23.9 Å². The van der Waals surface area contributed by atoms with Crippen LogP contribution < -0.4 is 4.74 Å². The zero-order chi connectivity index (χ0) is 13.7. The largest absolute Gasteiger partial charge is 0.497 e. The highest BCUT2D eigenvalue weighted by atomic mass is 16.5. The molecule has 19 heavy (non-hydrogen) atoms. The fraction of sp³-hybridized carbons (Fsp3) is 0.200. The van der Waals surface area contributed by atoms with Crippen molar-refractivity contribution >= 4 is 5.76 Å². The summed E-state index contributed by atoms with van der Waals surface area (Å²) in [6.07, 6.45) is 3.33. The molecule has 4 heteroatoms. The van der Waals surface area contributed by atoms with E-state index in [2.05, 4.69) is 16.5 Å². The minimum atomic E-state index is 0.591. The van der Waals surface area contributed by atoms with E-state index in [1.807, 2.05) is 31.2 Å². The number of nitrogens with zero attached hydrogens (tertiary/aromatic N) is 2. The Bertz CT molecular complexity index is 565. The van der Waals surface area contributed by atoms with Crippen LogP contribution in [0.2, 0.25) is 0 Å². The Morgan fingerprint density at radius 1 is 1.21 bits per heavy atom. The summed E-state index contributed by atoms with van der Waals surface area (Å²) < 4.78 is 10.5. The molecule has 0 aliphatic rings. The topological polar surface area (TPSA) is 44.2 Å². The molecule has 0 saturated heterocycles. The molecule has 0 bridgehead atoms. The van der Waals surface area contributed by atoms with Crippen LogP contribution in [-0.2, 0) is 4.74 Å². The van der Waals surface area contributed by atoms with E-state index < -0.39 is 0 Å². The Kier molecular flexibility index (Phi) is 4.13. The van der Waals surface area contributed by atoms with Crippen molar-refractivity contribution in [2.24, 2.45) is 0 Å². The Morgan fingerprint density at radius 2 is 1.89 bits per heavy atom. The molecule has 0 N–H and O–H groups in total. The van der Waals surface area contributed by atoms with Gasteiger partial charge in [-0.05, 0) is 6.92 Å². The van der Waals surface area contributed by atoms with Crippen molar-refractivity contribution in [3.63, 3.8) is 0 Å². The van der Waals surface area contributed by atoms with E-state index in [4.69, 9.17) is 9.47 Å². The quantitative estimate of drug-likeness (QED) is 0.771. The number of hydrogen-bond acceptors (Lipinski definition) is 4. The molecular formula is C15H16N2O2. The lowest BCUT2D eigenvalue weighted by atomic mass is 10.1. The normalized spacial score (nSPS) is 10.0. The molecule has 0 spiro atoms. The number of benzene rings is 1. The Hall–Kier alpha value is -2.36. The molecule has 0 aliphatic carbocycles. The summed E-state index contributed by atoms with van der Waals surface area (Å²) in [4.78, 5) is 8.62. The first-order chi connectivity index (χ1) is 9.26. The van der Waals surface area contributed by atoms with E-state index in [9.17, 15) is 0 Å². The van der Waals surface area contributed by atoms with Gasteiger partial charge in [0, 0.05) is 11.1 Å². The Balaban J connectivity index is 2.38. The second-order valence-corrected chi connectivity index (χ2v) is 3.85. The molecule has 0 radical (unpaired) electrons. The third-order valence-corrected chi connectivity index (χ3v) is 2.65. The van der Waals surface area contributed by atoms with Crippen LogP contribution in [-0.4, -0.2) is 23.7 Å². The van der Waals surface area contributed by atoms with E-state index in [-0.39, 0.29) is 0 Å². The highest BCUT2D eigenvalue weighted by Crippen LogP contribution is 2.26. The van der Waals surface area contributed by atoms with Gasteiger partial charge >= 0.3 is 0 Å². The van der Waals surface area contributed by atoms with Gasteiger partial charge in [-0.1, -0.05) is 30.8 Å². The van der Waals surface area contributed by atoms with Crippen molar-refractivity contribution < 1.29 is 9.47 Å². The molecule has 98 valence electrons. The average molecular weight is 256 g/mol. The average Bonchev–Trinajstić information content (AvgIpc) is 2.47. The van der Waals surface area contributed by atoms with Crippen LogP contribution in [0.1, 0.15) is 12.5 Å². The zero-order valence-electron chi connectivity index (χ0n) is 11.1. The second kappa shape index (κ2) is 6.00. The molecule has 0 atom stereocenters. The Labute approximate surface area is 112 Å². The van der Waals surface area contributed by atoms with Gasteiger partial charge in [0.1, 0.15) is 5.76 Å². The molecule has 1 aromatic carbocycles. The van der Waals surface area contributed by atoms with Crippen molar-refractivity contribution in [1.82, 2.24) is 9.97 Å². The molecule has 2 aromatic rings. The number of aromatic nitrogens is 2. The fourth-order valence-electron chi connectivity index (χ4n) is 1.73. The summed E-state index contributed by atoms with van der Waals surface area (Å²) in [7, 11) is 1.60. The summed E-state index contributed by atoms with van der Waals surface area (Å²) in [5, 5.41) is 0. The zero-order valence-corrected chi connectivity index (χ0v) is 11.1. The lowest BCUT2D eigenvalue weighted by Crippen LogP contribution is -1.97. The molecule has 0 saturated carbocycles. The molecule has 0 fully saturated rings. The van der Waals surface area contributed by atoms with Gasteiger partial charge in [-0.15, -0.1) is 0 Å². The minimum absolute atomic E-state index is 0.591. The van der Waals surface area contributed by atoms with Crippen LogP contribution in [0.5, 0.6) is 5.75 Å². The maximum atomic E-state index is 5.33. The first kappa shape index (κ1) is 13.1. The van der Waals surface area contributed by atoms with Crippen molar-refractivity contribution in [3.05, 3.63) is 48.8 Å². The Morgan fingerprint density at radius 3 is 2.53 bits per heavy atom. The van der Waals surface area contributed by atoms with Crippen LogP contribution in [0.3, 0.4) is 0 Å². The lowest BCUT2D eigenvalue weighted by Gasteiger charge is -2.10. The van der Waals surface area contributed by atoms with Gasteiger partial charge in [-0.3, -0.25) is 0 Å². The van der Waals surface area contributed by atoms with E-state index in [1.165, 1.54) is 0 Å². The predicted molar refractivity (Wildman–Crippen MR) is 74.7 cm³/mol. The van der Waals surface area contributed by atoms with Gasteiger partial charge in [0.05, 0.1) is 26.1 Å². The van der Waals surface area contributed by atoms with Crippen LogP contribution in [0, 0.1) is 0 Å². The summed E-state index contributed by atoms with van der Waals surface area (Å²) in [5.74, 6) is 1.87. The lowest BCUT2D eigenvalue weighted by molar-refractivity contribution is 0.337. The van der Waals surface area contributed by atoms with Crippen LogP contribution in [0.4, 0.5) is 0 Å². The molecule has 2 rings (SSSR count). The molecule has 0 unspecified atom stereocenters. The van der Waals surface area contributed by atoms with Crippen LogP contribution >= 0.6 is 0 Å². The first-order valence-corrected chi connectivity index (χ1v) is 6.03. The van der Waals surface area contributed by atoms with Gasteiger partial charge in [-0.2, -0.15) is 0 Å². The van der Waals surface area contributed by atoms with Gasteiger partial charge in [0.15, 0.2) is 11.6 Å². The molecule has 4 nitrogen and oxygen atoms in total. The number of hydrogen-bond donors (Lipinski definition) is 0. The first-order valence-electron chi connectivity index (χ1n) is 6.03. The molecular weight excluding hydrogens is 240 g/mol. The maximum absolute atomic E-state index is 5.33. The van der Waals surface area contributed by atoms with Crippen molar-refractivity contribution in [3.8, 4) is 17.1 Å². The van der Waals surface area contributed by atoms with Crippen LogP contribution in [0.15, 0.2) is 43.2 Å². The fourth-order valence-corrected chi connectivity index (χ4v) is 1.73. The van der Waals surface area contributed by atoms with E-state index in [0.717, 1.165) is 11.1 Å². The highest BCUT2D eigenvalue weighted by Gasteiger charge is 2.10. The van der Waals surface area contributed by atoms with Gasteiger partial charge in [-0.25, -0.2) is 9.97 Å². The highest BCUT2D eigenvalue weighted by molar-refractivity contribution is 5.74. The molecule has 0 amide bonds. The number of methoxy groups -OCH3 is 1. The third kappa shape index (κ3) is 2.91. The SMILES string of the molecule is C=C(OC)c1ccccc1-c1ncc(OCC)cn1. The summed E-state index contributed by atoms with van der Waals surface area (Å²) in [6.45, 7) is 6.39. The maximum Gasteiger partial charge on any atom is 0.160 e. The smallest absolute Gasteiger partial charge is 0.160 e. The minimum Gasteiger partial charge on any atom is -0.497 e. The van der Waals surface area contributed by atoms with E-state index in [1.54, 1.807) is 19.5 Å². The van der Waals surface area contributed by atoms with Gasteiger partial charge in [0.25, 0.3) is 0 Å². The third-order valence-electron chi connectivity index (χ3n) is 2.65.